The molecule has 1 aliphatic heterocycles. The SMILES string of the molecule is CC(C)[NH2+]CCN1C(=O)CS[C@@H]1c1ccc(C(C)(C)C)cc1. The minimum atomic E-state index is 0.170. The van der Waals surface area contributed by atoms with Crippen LogP contribution in [0.3, 0.4) is 0 Å². The van der Waals surface area contributed by atoms with Gasteiger partial charge in [0.15, 0.2) is 0 Å². The summed E-state index contributed by atoms with van der Waals surface area (Å²) in [6.45, 7) is 12.8. The van der Waals surface area contributed by atoms with Gasteiger partial charge in [0.2, 0.25) is 5.91 Å². The molecule has 3 nitrogen and oxygen atoms in total. The Labute approximate surface area is 138 Å². The van der Waals surface area contributed by atoms with Gasteiger partial charge >= 0.3 is 0 Å². The summed E-state index contributed by atoms with van der Waals surface area (Å²) in [4.78, 5) is 14.2. The lowest BCUT2D eigenvalue weighted by atomic mass is 9.87. The Hall–Kier alpha value is -1.00. The van der Waals surface area contributed by atoms with E-state index in [9.17, 15) is 4.79 Å². The van der Waals surface area contributed by atoms with E-state index < -0.39 is 0 Å². The summed E-state index contributed by atoms with van der Waals surface area (Å²) < 4.78 is 0. The van der Waals surface area contributed by atoms with Gasteiger partial charge in [0.05, 0.1) is 24.9 Å². The van der Waals surface area contributed by atoms with Gasteiger partial charge in [-0.05, 0) is 30.4 Å². The third-order valence-electron chi connectivity index (χ3n) is 4.04. The Morgan fingerprint density at radius 1 is 1.27 bits per heavy atom. The number of hydrogen-bond acceptors (Lipinski definition) is 2. The van der Waals surface area contributed by atoms with Gasteiger partial charge in [-0.25, -0.2) is 0 Å². The molecule has 0 aliphatic carbocycles. The predicted octanol–water partition coefficient (Wildman–Crippen LogP) is 2.53. The van der Waals surface area contributed by atoms with Crippen LogP contribution in [0, 0.1) is 0 Å². The smallest absolute Gasteiger partial charge is 0.234 e. The Balaban J connectivity index is 2.07. The highest BCUT2D eigenvalue weighted by Crippen LogP contribution is 2.38. The first kappa shape index (κ1) is 17.4. The highest BCUT2D eigenvalue weighted by molar-refractivity contribution is 8.00. The van der Waals surface area contributed by atoms with Crippen LogP contribution in [-0.4, -0.2) is 35.7 Å². The monoisotopic (exact) mass is 321 g/mol. The first-order valence-corrected chi connectivity index (χ1v) is 9.19. The largest absolute Gasteiger partial charge is 0.343 e. The maximum Gasteiger partial charge on any atom is 0.234 e. The molecule has 1 heterocycles. The standard InChI is InChI=1S/C18H28N2OS/c1-13(2)19-10-11-20-16(21)12-22-17(20)14-6-8-15(9-7-14)18(3,4)5/h6-9,13,17,19H,10-12H2,1-5H3/p+1/t17-/m1/s1. The lowest BCUT2D eigenvalue weighted by molar-refractivity contribution is -0.682. The molecule has 1 saturated heterocycles. The average Bonchev–Trinajstić information content (AvgIpc) is 2.79. The fourth-order valence-electron chi connectivity index (χ4n) is 2.67. The number of rotatable bonds is 5. The highest BCUT2D eigenvalue weighted by Gasteiger charge is 2.32. The Morgan fingerprint density at radius 3 is 2.45 bits per heavy atom. The van der Waals surface area contributed by atoms with Gasteiger partial charge in [-0.15, -0.1) is 11.8 Å². The van der Waals surface area contributed by atoms with Crippen molar-refractivity contribution in [3.05, 3.63) is 35.4 Å². The van der Waals surface area contributed by atoms with Crippen molar-refractivity contribution in [2.75, 3.05) is 18.8 Å². The summed E-state index contributed by atoms with van der Waals surface area (Å²) in [5.74, 6) is 0.875. The molecule has 0 radical (unpaired) electrons. The molecule has 0 unspecified atom stereocenters. The van der Waals surface area contributed by atoms with Gasteiger partial charge < -0.3 is 10.2 Å². The maximum atomic E-state index is 12.2. The van der Waals surface area contributed by atoms with Crippen molar-refractivity contribution in [1.29, 1.82) is 0 Å². The van der Waals surface area contributed by atoms with Crippen LogP contribution < -0.4 is 5.32 Å². The van der Waals surface area contributed by atoms with Crippen LogP contribution in [0.2, 0.25) is 0 Å². The second-order valence-electron chi connectivity index (χ2n) is 7.39. The Morgan fingerprint density at radius 2 is 1.91 bits per heavy atom. The van der Waals surface area contributed by atoms with Crippen molar-refractivity contribution in [1.82, 2.24) is 4.90 Å². The topological polar surface area (TPSA) is 36.9 Å². The number of amides is 1. The predicted molar refractivity (Wildman–Crippen MR) is 94.0 cm³/mol. The molecule has 122 valence electrons. The minimum Gasteiger partial charge on any atom is -0.343 e. The van der Waals surface area contributed by atoms with Gasteiger partial charge in [0.1, 0.15) is 5.37 Å². The zero-order chi connectivity index (χ0) is 16.3. The van der Waals surface area contributed by atoms with Crippen molar-refractivity contribution < 1.29 is 10.1 Å². The molecule has 2 N–H and O–H groups in total. The van der Waals surface area contributed by atoms with Gasteiger partial charge in [0, 0.05) is 0 Å². The number of nitrogens with zero attached hydrogens (tertiary/aromatic N) is 1. The number of carbonyl (C=O) groups excluding carboxylic acids is 1. The molecule has 1 atom stereocenters. The van der Waals surface area contributed by atoms with E-state index in [-0.39, 0.29) is 16.7 Å². The van der Waals surface area contributed by atoms with Crippen molar-refractivity contribution in [2.24, 2.45) is 0 Å². The van der Waals surface area contributed by atoms with Gasteiger partial charge in [-0.1, -0.05) is 45.0 Å². The maximum absolute atomic E-state index is 12.2. The number of thioether (sulfide) groups is 1. The fraction of sp³-hybridized carbons (Fsp3) is 0.611. The van der Waals surface area contributed by atoms with Gasteiger partial charge in [-0.2, -0.15) is 0 Å². The second kappa shape index (κ2) is 7.05. The lowest BCUT2D eigenvalue weighted by Gasteiger charge is -2.25. The summed E-state index contributed by atoms with van der Waals surface area (Å²) in [6.07, 6.45) is 0. The quantitative estimate of drug-likeness (QED) is 0.905. The van der Waals surface area contributed by atoms with Crippen LogP contribution in [0.1, 0.15) is 51.1 Å². The van der Waals surface area contributed by atoms with Gasteiger partial charge in [0.25, 0.3) is 0 Å². The van der Waals surface area contributed by atoms with Crippen molar-refractivity contribution in [3.63, 3.8) is 0 Å². The van der Waals surface area contributed by atoms with Gasteiger partial charge in [-0.3, -0.25) is 4.79 Å². The number of benzene rings is 1. The molecular formula is C18H29N2OS+. The molecule has 0 aromatic heterocycles. The Bertz CT molecular complexity index is 505. The molecule has 1 aromatic carbocycles. The normalized spacial score (nSPS) is 19.3. The second-order valence-corrected chi connectivity index (χ2v) is 8.46. The van der Waals surface area contributed by atoms with Crippen molar-refractivity contribution >= 4 is 17.7 Å². The first-order valence-electron chi connectivity index (χ1n) is 8.14. The first-order chi connectivity index (χ1) is 10.3. The number of nitrogens with two attached hydrogens (primary N) is 1. The summed E-state index contributed by atoms with van der Waals surface area (Å²) in [5, 5.41) is 2.47. The van der Waals surface area contributed by atoms with Crippen LogP contribution >= 0.6 is 11.8 Å². The van der Waals surface area contributed by atoms with E-state index in [1.807, 2.05) is 4.90 Å². The third kappa shape index (κ3) is 4.26. The minimum absolute atomic E-state index is 0.170. The number of hydrogen-bond donors (Lipinski definition) is 1. The third-order valence-corrected chi connectivity index (χ3v) is 5.29. The molecule has 1 aliphatic rings. The summed E-state index contributed by atoms with van der Waals surface area (Å²) in [7, 11) is 0. The molecule has 4 heteroatoms. The lowest BCUT2D eigenvalue weighted by Crippen LogP contribution is -2.89. The van der Waals surface area contributed by atoms with E-state index in [0.29, 0.717) is 11.8 Å². The molecule has 0 bridgehead atoms. The number of carbonyl (C=O) groups is 1. The van der Waals surface area contributed by atoms with E-state index in [4.69, 9.17) is 0 Å². The molecule has 1 aromatic rings. The van der Waals surface area contributed by atoms with E-state index in [1.54, 1.807) is 11.8 Å². The van der Waals surface area contributed by atoms with Crippen LogP contribution in [0.15, 0.2) is 24.3 Å². The summed E-state index contributed by atoms with van der Waals surface area (Å²) >= 11 is 1.75. The fourth-order valence-corrected chi connectivity index (χ4v) is 3.89. The van der Waals surface area contributed by atoms with Crippen LogP contribution in [-0.2, 0) is 10.2 Å². The molecule has 22 heavy (non-hydrogen) atoms. The number of quaternary nitrogens is 1. The van der Waals surface area contributed by atoms with Crippen LogP contribution in [0.5, 0.6) is 0 Å². The zero-order valence-corrected chi connectivity index (χ0v) is 15.2. The van der Waals surface area contributed by atoms with E-state index in [2.05, 4.69) is 64.2 Å². The summed E-state index contributed by atoms with van der Waals surface area (Å²) in [6, 6.07) is 9.37. The molecule has 0 saturated carbocycles. The van der Waals surface area contributed by atoms with Crippen molar-refractivity contribution in [3.8, 4) is 0 Å². The van der Waals surface area contributed by atoms with Crippen LogP contribution in [0.4, 0.5) is 0 Å². The summed E-state index contributed by atoms with van der Waals surface area (Å²) in [5.41, 5.74) is 2.75. The van der Waals surface area contributed by atoms with Crippen LogP contribution in [0.25, 0.3) is 0 Å². The highest BCUT2D eigenvalue weighted by atomic mass is 32.2. The molecular weight excluding hydrogens is 292 g/mol. The zero-order valence-electron chi connectivity index (χ0n) is 14.4. The molecule has 1 amide bonds. The van der Waals surface area contributed by atoms with E-state index in [0.717, 1.165) is 13.1 Å². The van der Waals surface area contributed by atoms with E-state index >= 15 is 0 Å². The van der Waals surface area contributed by atoms with E-state index in [1.165, 1.54) is 11.1 Å². The molecule has 1 fully saturated rings. The average molecular weight is 322 g/mol. The molecule has 2 rings (SSSR count). The van der Waals surface area contributed by atoms with Crippen molar-refractivity contribution in [2.45, 2.75) is 51.4 Å². The molecule has 0 spiro atoms. The Kier molecular flexibility index (Phi) is 5.56.